The quantitative estimate of drug-likeness (QED) is 0.637. The highest BCUT2D eigenvalue weighted by Crippen LogP contribution is 2.18. The third-order valence-electron chi connectivity index (χ3n) is 4.25. The molecule has 0 atom stereocenters. The molecule has 1 aliphatic rings. The second kappa shape index (κ2) is 8.95. The van der Waals surface area contributed by atoms with Crippen LogP contribution in [0.25, 0.3) is 0 Å². The van der Waals surface area contributed by atoms with Crippen molar-refractivity contribution in [3.8, 4) is 0 Å². The molecule has 0 spiro atoms. The molecule has 0 unspecified atom stereocenters. The number of ether oxygens (including phenoxy) is 1. The molecular formula is C18H26N6OS. The number of morpholine rings is 1. The third kappa shape index (κ3) is 4.70. The van der Waals surface area contributed by atoms with E-state index in [0.717, 1.165) is 60.9 Å². The average Bonchev–Trinajstić information content (AvgIpc) is 3.08. The minimum absolute atomic E-state index is 0.674. The van der Waals surface area contributed by atoms with Crippen LogP contribution in [0.2, 0.25) is 0 Å². The van der Waals surface area contributed by atoms with Gasteiger partial charge in [-0.1, -0.05) is 6.07 Å². The maximum absolute atomic E-state index is 5.45. The molecular weight excluding hydrogens is 348 g/mol. The molecule has 140 valence electrons. The summed E-state index contributed by atoms with van der Waals surface area (Å²) in [5.41, 5.74) is 2.22. The number of hydrogen-bond donors (Lipinski definition) is 1. The molecule has 0 aromatic carbocycles. The van der Waals surface area contributed by atoms with E-state index >= 15 is 0 Å². The van der Waals surface area contributed by atoms with E-state index in [2.05, 4.69) is 41.5 Å². The summed E-state index contributed by atoms with van der Waals surface area (Å²) in [6, 6.07) is 4.09. The molecule has 2 aromatic heterocycles. The summed E-state index contributed by atoms with van der Waals surface area (Å²) >= 11 is 1.67. The zero-order valence-corrected chi connectivity index (χ0v) is 16.4. The van der Waals surface area contributed by atoms with Crippen LogP contribution in [0, 0.1) is 6.92 Å². The van der Waals surface area contributed by atoms with Crippen molar-refractivity contribution in [2.45, 2.75) is 20.0 Å². The zero-order valence-electron chi connectivity index (χ0n) is 15.6. The minimum Gasteiger partial charge on any atom is -0.378 e. The Labute approximate surface area is 158 Å². The molecule has 26 heavy (non-hydrogen) atoms. The number of guanidine groups is 1. The molecule has 1 N–H and O–H groups in total. The van der Waals surface area contributed by atoms with Gasteiger partial charge in [-0.3, -0.25) is 4.99 Å². The second-order valence-corrected chi connectivity index (χ2v) is 7.26. The predicted molar refractivity (Wildman–Crippen MR) is 106 cm³/mol. The topological polar surface area (TPSA) is 65.9 Å². The molecule has 1 fully saturated rings. The number of nitrogens with zero attached hydrogens (tertiary/aromatic N) is 5. The van der Waals surface area contributed by atoms with Gasteiger partial charge < -0.3 is 19.9 Å². The standard InChI is InChI=1S/C18H26N6OS/c1-14-22-16(13-26-14)12-23(3)18(19-2)21-11-15-5-4-6-20-17(15)24-7-9-25-10-8-24/h4-6,13H,7-12H2,1-3H3,(H,19,21). The van der Waals surface area contributed by atoms with E-state index < -0.39 is 0 Å². The molecule has 1 saturated heterocycles. The Morgan fingerprint density at radius 1 is 1.42 bits per heavy atom. The Balaban J connectivity index is 1.63. The monoisotopic (exact) mass is 374 g/mol. The van der Waals surface area contributed by atoms with Crippen LogP contribution in [-0.2, 0) is 17.8 Å². The van der Waals surface area contributed by atoms with E-state index in [1.807, 2.05) is 26.2 Å². The third-order valence-corrected chi connectivity index (χ3v) is 5.08. The number of pyridine rings is 1. The highest BCUT2D eigenvalue weighted by atomic mass is 32.1. The van der Waals surface area contributed by atoms with Crippen molar-refractivity contribution >= 4 is 23.1 Å². The number of aryl methyl sites for hydroxylation is 1. The van der Waals surface area contributed by atoms with E-state index in [0.29, 0.717) is 6.54 Å². The Kier molecular flexibility index (Phi) is 6.40. The first-order valence-electron chi connectivity index (χ1n) is 8.76. The predicted octanol–water partition coefficient (Wildman–Crippen LogP) is 1.89. The SMILES string of the molecule is CN=C(NCc1cccnc1N1CCOCC1)N(C)Cc1csc(C)n1. The number of rotatable bonds is 5. The van der Waals surface area contributed by atoms with Crippen LogP contribution < -0.4 is 10.2 Å². The van der Waals surface area contributed by atoms with Gasteiger partial charge in [0.1, 0.15) is 5.82 Å². The van der Waals surface area contributed by atoms with Gasteiger partial charge in [-0.2, -0.15) is 0 Å². The smallest absolute Gasteiger partial charge is 0.194 e. The molecule has 2 aromatic rings. The van der Waals surface area contributed by atoms with Crippen molar-refractivity contribution in [2.24, 2.45) is 4.99 Å². The lowest BCUT2D eigenvalue weighted by atomic mass is 10.2. The van der Waals surface area contributed by atoms with Gasteiger partial charge in [0.2, 0.25) is 0 Å². The minimum atomic E-state index is 0.674. The summed E-state index contributed by atoms with van der Waals surface area (Å²) in [5, 5.41) is 6.62. The first-order chi connectivity index (χ1) is 12.7. The van der Waals surface area contributed by atoms with Crippen LogP contribution in [0.15, 0.2) is 28.7 Å². The molecule has 3 rings (SSSR count). The normalized spacial score (nSPS) is 15.2. The van der Waals surface area contributed by atoms with Crippen molar-refractivity contribution in [3.63, 3.8) is 0 Å². The molecule has 0 radical (unpaired) electrons. The van der Waals surface area contributed by atoms with Crippen molar-refractivity contribution in [1.82, 2.24) is 20.2 Å². The van der Waals surface area contributed by atoms with Gasteiger partial charge >= 0.3 is 0 Å². The first kappa shape index (κ1) is 18.6. The summed E-state index contributed by atoms with van der Waals surface area (Å²) in [6.45, 7) is 6.68. The average molecular weight is 375 g/mol. The van der Waals surface area contributed by atoms with Crippen LogP contribution in [-0.4, -0.2) is 61.2 Å². The van der Waals surface area contributed by atoms with Crippen LogP contribution >= 0.6 is 11.3 Å². The molecule has 0 aliphatic carbocycles. The number of nitrogens with one attached hydrogen (secondary N) is 1. The van der Waals surface area contributed by atoms with Crippen LogP contribution in [0.4, 0.5) is 5.82 Å². The summed E-state index contributed by atoms with van der Waals surface area (Å²) in [6.07, 6.45) is 1.85. The maximum atomic E-state index is 5.45. The van der Waals surface area contributed by atoms with E-state index in [1.54, 1.807) is 18.4 Å². The van der Waals surface area contributed by atoms with Crippen molar-refractivity contribution in [2.75, 3.05) is 45.3 Å². The van der Waals surface area contributed by atoms with Crippen LogP contribution in [0.3, 0.4) is 0 Å². The summed E-state index contributed by atoms with van der Waals surface area (Å²) < 4.78 is 5.45. The Morgan fingerprint density at radius 3 is 2.92 bits per heavy atom. The molecule has 3 heterocycles. The van der Waals surface area contributed by atoms with Gasteiger partial charge in [-0.05, 0) is 13.0 Å². The lowest BCUT2D eigenvalue weighted by Crippen LogP contribution is -2.40. The molecule has 0 amide bonds. The molecule has 1 aliphatic heterocycles. The zero-order chi connectivity index (χ0) is 18.4. The fourth-order valence-corrected chi connectivity index (χ4v) is 3.59. The van der Waals surface area contributed by atoms with Gasteiger partial charge in [0.15, 0.2) is 5.96 Å². The van der Waals surface area contributed by atoms with Crippen molar-refractivity contribution in [1.29, 1.82) is 0 Å². The number of thiazole rings is 1. The lowest BCUT2D eigenvalue weighted by molar-refractivity contribution is 0.122. The first-order valence-corrected chi connectivity index (χ1v) is 9.64. The number of aliphatic imine (C=N–C) groups is 1. The van der Waals surface area contributed by atoms with Gasteiger partial charge in [0.05, 0.1) is 30.5 Å². The van der Waals surface area contributed by atoms with Crippen molar-refractivity contribution < 1.29 is 4.74 Å². The number of aromatic nitrogens is 2. The molecule has 8 heteroatoms. The Bertz CT molecular complexity index is 741. The maximum Gasteiger partial charge on any atom is 0.194 e. The Hall–Kier alpha value is -2.19. The van der Waals surface area contributed by atoms with E-state index in [9.17, 15) is 0 Å². The lowest BCUT2D eigenvalue weighted by Gasteiger charge is -2.29. The Morgan fingerprint density at radius 2 is 2.23 bits per heavy atom. The summed E-state index contributed by atoms with van der Waals surface area (Å²) in [4.78, 5) is 17.9. The van der Waals surface area contributed by atoms with E-state index in [4.69, 9.17) is 4.74 Å². The number of hydrogen-bond acceptors (Lipinski definition) is 6. The van der Waals surface area contributed by atoms with Gasteiger partial charge in [-0.25, -0.2) is 9.97 Å². The van der Waals surface area contributed by atoms with Crippen LogP contribution in [0.5, 0.6) is 0 Å². The highest BCUT2D eigenvalue weighted by Gasteiger charge is 2.16. The van der Waals surface area contributed by atoms with Gasteiger partial charge in [0.25, 0.3) is 0 Å². The van der Waals surface area contributed by atoms with E-state index in [1.165, 1.54) is 0 Å². The van der Waals surface area contributed by atoms with Gasteiger partial charge in [-0.15, -0.1) is 11.3 Å². The summed E-state index contributed by atoms with van der Waals surface area (Å²) in [5.74, 6) is 1.86. The van der Waals surface area contributed by atoms with Gasteiger partial charge in [0, 0.05) is 50.9 Å². The fourth-order valence-electron chi connectivity index (χ4n) is 2.99. The number of anilines is 1. The molecule has 0 saturated carbocycles. The summed E-state index contributed by atoms with van der Waals surface area (Å²) in [7, 11) is 3.83. The fraction of sp³-hybridized carbons (Fsp3) is 0.500. The molecule has 0 bridgehead atoms. The molecule has 7 nitrogen and oxygen atoms in total. The van der Waals surface area contributed by atoms with Crippen LogP contribution in [0.1, 0.15) is 16.3 Å². The van der Waals surface area contributed by atoms with Crippen molar-refractivity contribution in [3.05, 3.63) is 40.0 Å². The largest absolute Gasteiger partial charge is 0.378 e. The van der Waals surface area contributed by atoms with E-state index in [-0.39, 0.29) is 0 Å². The second-order valence-electron chi connectivity index (χ2n) is 6.20. The highest BCUT2D eigenvalue weighted by molar-refractivity contribution is 7.09.